The van der Waals surface area contributed by atoms with Gasteiger partial charge in [0.1, 0.15) is 5.82 Å². The number of anilines is 1. The number of nitrogens with one attached hydrogen (secondary N) is 2. The number of carbonyl (C=O) groups excluding carboxylic acids is 2. The van der Waals surface area contributed by atoms with Gasteiger partial charge in [-0.2, -0.15) is 0 Å². The first-order chi connectivity index (χ1) is 12.9. The van der Waals surface area contributed by atoms with Crippen molar-refractivity contribution >= 4 is 40.7 Å². The summed E-state index contributed by atoms with van der Waals surface area (Å²) in [7, 11) is 0. The lowest BCUT2D eigenvalue weighted by molar-refractivity contribution is -0.895. The standard InChI is InChI=1S/C19H18Cl2FN3O2/c20-15-3-1-2-4-17(15)23-18(26)12-24-7-9-25(10-8-24)19(27)14-6-5-13(22)11-16(14)21/h1-6,11H,7-10,12H2,(H,23,26)/p+1. The second-order valence-corrected chi connectivity index (χ2v) is 7.19. The number of piperazine rings is 1. The molecule has 2 aromatic carbocycles. The predicted molar refractivity (Wildman–Crippen MR) is 103 cm³/mol. The Kier molecular flexibility index (Phi) is 6.31. The first kappa shape index (κ1) is 19.6. The van der Waals surface area contributed by atoms with Crippen LogP contribution in [0.5, 0.6) is 0 Å². The topological polar surface area (TPSA) is 53.9 Å². The van der Waals surface area contributed by atoms with Gasteiger partial charge in [-0.05, 0) is 30.3 Å². The first-order valence-electron chi connectivity index (χ1n) is 8.56. The molecule has 1 saturated heterocycles. The summed E-state index contributed by atoms with van der Waals surface area (Å²) in [4.78, 5) is 27.5. The minimum Gasteiger partial charge on any atom is -0.327 e. The monoisotopic (exact) mass is 410 g/mol. The van der Waals surface area contributed by atoms with Crippen molar-refractivity contribution in [1.29, 1.82) is 0 Å². The molecule has 0 aromatic heterocycles. The lowest BCUT2D eigenvalue weighted by Gasteiger charge is -2.32. The maximum Gasteiger partial charge on any atom is 0.279 e. The smallest absolute Gasteiger partial charge is 0.279 e. The van der Waals surface area contributed by atoms with Crippen molar-refractivity contribution in [3.05, 3.63) is 63.9 Å². The number of amides is 2. The van der Waals surface area contributed by atoms with Crippen LogP contribution in [0, 0.1) is 5.82 Å². The predicted octanol–water partition coefficient (Wildman–Crippen LogP) is 2.11. The fraction of sp³-hybridized carbons (Fsp3) is 0.263. The van der Waals surface area contributed by atoms with Gasteiger partial charge in [-0.3, -0.25) is 9.59 Å². The molecule has 0 atom stereocenters. The van der Waals surface area contributed by atoms with E-state index in [2.05, 4.69) is 5.32 Å². The summed E-state index contributed by atoms with van der Waals surface area (Å²) in [6, 6.07) is 10.8. The number of para-hydroxylation sites is 1. The summed E-state index contributed by atoms with van der Waals surface area (Å²) in [6.45, 7) is 2.58. The molecule has 0 unspecified atom stereocenters. The molecule has 1 fully saturated rings. The van der Waals surface area contributed by atoms with Crippen molar-refractivity contribution in [3.8, 4) is 0 Å². The fourth-order valence-electron chi connectivity index (χ4n) is 3.02. The summed E-state index contributed by atoms with van der Waals surface area (Å²) in [5, 5.41) is 3.40. The highest BCUT2D eigenvalue weighted by Crippen LogP contribution is 2.20. The maximum atomic E-state index is 13.1. The molecule has 2 aromatic rings. The third-order valence-corrected chi connectivity index (χ3v) is 5.12. The van der Waals surface area contributed by atoms with E-state index in [1.807, 2.05) is 0 Å². The minimum atomic E-state index is -0.477. The van der Waals surface area contributed by atoms with Gasteiger partial charge in [0.15, 0.2) is 6.54 Å². The van der Waals surface area contributed by atoms with Crippen LogP contribution >= 0.6 is 23.2 Å². The maximum absolute atomic E-state index is 13.1. The van der Waals surface area contributed by atoms with E-state index in [1.54, 1.807) is 29.2 Å². The van der Waals surface area contributed by atoms with E-state index < -0.39 is 5.82 Å². The van der Waals surface area contributed by atoms with E-state index in [1.165, 1.54) is 12.1 Å². The quantitative estimate of drug-likeness (QED) is 0.810. The highest BCUT2D eigenvalue weighted by atomic mass is 35.5. The molecule has 1 aliphatic heterocycles. The normalized spacial score (nSPS) is 14.9. The number of benzene rings is 2. The van der Waals surface area contributed by atoms with E-state index in [-0.39, 0.29) is 22.4 Å². The van der Waals surface area contributed by atoms with Crippen LogP contribution in [0.3, 0.4) is 0 Å². The van der Waals surface area contributed by atoms with Gasteiger partial charge in [-0.15, -0.1) is 0 Å². The number of hydrogen-bond acceptors (Lipinski definition) is 2. The van der Waals surface area contributed by atoms with E-state index in [4.69, 9.17) is 23.2 Å². The highest BCUT2D eigenvalue weighted by Gasteiger charge is 2.27. The van der Waals surface area contributed by atoms with Gasteiger partial charge in [-0.1, -0.05) is 35.3 Å². The van der Waals surface area contributed by atoms with Crippen LogP contribution in [0.1, 0.15) is 10.4 Å². The molecule has 3 rings (SSSR count). The van der Waals surface area contributed by atoms with E-state index in [0.717, 1.165) is 11.0 Å². The van der Waals surface area contributed by atoms with Crippen LogP contribution in [0.25, 0.3) is 0 Å². The number of rotatable bonds is 4. The largest absolute Gasteiger partial charge is 0.327 e. The van der Waals surface area contributed by atoms with Crippen molar-refractivity contribution in [2.75, 3.05) is 38.0 Å². The molecule has 5 nitrogen and oxygen atoms in total. The summed E-state index contributed by atoms with van der Waals surface area (Å²) in [6.07, 6.45) is 0. The van der Waals surface area contributed by atoms with Gasteiger partial charge >= 0.3 is 0 Å². The molecule has 142 valence electrons. The Balaban J connectivity index is 1.52. The highest BCUT2D eigenvalue weighted by molar-refractivity contribution is 6.34. The van der Waals surface area contributed by atoms with Crippen LogP contribution in [-0.4, -0.2) is 49.4 Å². The summed E-state index contributed by atoms with van der Waals surface area (Å²) >= 11 is 12.0. The number of hydrogen-bond donors (Lipinski definition) is 2. The van der Waals surface area contributed by atoms with Crippen molar-refractivity contribution in [3.63, 3.8) is 0 Å². The molecule has 8 heteroatoms. The number of carbonyl (C=O) groups is 2. The van der Waals surface area contributed by atoms with Crippen molar-refractivity contribution in [2.24, 2.45) is 0 Å². The minimum absolute atomic E-state index is 0.105. The fourth-order valence-corrected chi connectivity index (χ4v) is 3.45. The van der Waals surface area contributed by atoms with Crippen LogP contribution in [-0.2, 0) is 4.79 Å². The van der Waals surface area contributed by atoms with Crippen LogP contribution in [0.15, 0.2) is 42.5 Å². The average Bonchev–Trinajstić information content (AvgIpc) is 2.64. The van der Waals surface area contributed by atoms with Gasteiger partial charge in [0, 0.05) is 0 Å². The zero-order chi connectivity index (χ0) is 19.4. The molecule has 27 heavy (non-hydrogen) atoms. The molecule has 0 saturated carbocycles. The lowest BCUT2D eigenvalue weighted by atomic mass is 10.1. The molecule has 0 bridgehead atoms. The SMILES string of the molecule is O=C(C[NH+]1CCN(C(=O)c2ccc(F)cc2Cl)CC1)Nc1ccccc1Cl. The first-order valence-corrected chi connectivity index (χ1v) is 9.32. The second kappa shape index (κ2) is 8.69. The Morgan fingerprint density at radius 3 is 2.44 bits per heavy atom. The zero-order valence-corrected chi connectivity index (χ0v) is 16.0. The Morgan fingerprint density at radius 2 is 1.78 bits per heavy atom. The van der Waals surface area contributed by atoms with E-state index in [9.17, 15) is 14.0 Å². The summed E-state index contributed by atoms with van der Waals surface area (Å²) < 4.78 is 13.1. The van der Waals surface area contributed by atoms with Gasteiger partial charge in [0.25, 0.3) is 11.8 Å². The molecular formula is C19H19Cl2FN3O2+. The molecule has 1 aliphatic rings. The molecule has 0 radical (unpaired) electrons. The lowest BCUT2D eigenvalue weighted by Crippen LogP contribution is -3.15. The molecule has 2 N–H and O–H groups in total. The Hall–Kier alpha value is -2.15. The van der Waals surface area contributed by atoms with Gasteiger partial charge < -0.3 is 15.1 Å². The van der Waals surface area contributed by atoms with Crippen LogP contribution < -0.4 is 10.2 Å². The van der Waals surface area contributed by atoms with Crippen LogP contribution in [0.4, 0.5) is 10.1 Å². The van der Waals surface area contributed by atoms with Crippen molar-refractivity contribution in [2.45, 2.75) is 0 Å². The second-order valence-electron chi connectivity index (χ2n) is 6.37. The van der Waals surface area contributed by atoms with Crippen LogP contribution in [0.2, 0.25) is 10.0 Å². The Morgan fingerprint density at radius 1 is 1.07 bits per heavy atom. The van der Waals surface area contributed by atoms with Crippen molar-refractivity contribution in [1.82, 2.24) is 4.90 Å². The van der Waals surface area contributed by atoms with Gasteiger partial charge in [-0.25, -0.2) is 4.39 Å². The number of quaternary nitrogens is 1. The number of nitrogens with zero attached hydrogens (tertiary/aromatic N) is 1. The number of halogens is 3. The summed E-state index contributed by atoms with van der Waals surface area (Å²) in [5.41, 5.74) is 0.876. The average molecular weight is 411 g/mol. The molecule has 1 heterocycles. The molecule has 0 spiro atoms. The molecule has 2 amide bonds. The summed E-state index contributed by atoms with van der Waals surface area (Å²) in [5.74, 6) is -0.825. The Bertz CT molecular complexity index is 855. The van der Waals surface area contributed by atoms with Gasteiger partial charge in [0.05, 0.1) is 47.5 Å². The van der Waals surface area contributed by atoms with E-state index >= 15 is 0 Å². The zero-order valence-electron chi connectivity index (χ0n) is 14.5. The molecular weight excluding hydrogens is 392 g/mol. The molecule has 0 aliphatic carbocycles. The Labute approximate surface area is 166 Å². The van der Waals surface area contributed by atoms with Gasteiger partial charge in [0.2, 0.25) is 0 Å². The third-order valence-electron chi connectivity index (χ3n) is 4.48. The third kappa shape index (κ3) is 4.97. The van der Waals surface area contributed by atoms with E-state index in [0.29, 0.717) is 43.4 Å². The van der Waals surface area contributed by atoms with Crippen molar-refractivity contribution < 1.29 is 18.9 Å².